The van der Waals surface area contributed by atoms with Gasteiger partial charge in [0.15, 0.2) is 0 Å². The Bertz CT molecular complexity index is 656. The molecule has 2 saturated carbocycles. The molecule has 0 radical (unpaired) electrons. The van der Waals surface area contributed by atoms with Gasteiger partial charge in [-0.1, -0.05) is 31.4 Å². The van der Waals surface area contributed by atoms with E-state index in [0.717, 1.165) is 29.7 Å². The van der Waals surface area contributed by atoms with Gasteiger partial charge in [-0.05, 0) is 37.8 Å². The van der Waals surface area contributed by atoms with Crippen molar-refractivity contribution in [2.24, 2.45) is 0 Å². The molecule has 4 rings (SSSR count). The number of imidazole rings is 1. The molecule has 2 fully saturated rings. The summed E-state index contributed by atoms with van der Waals surface area (Å²) in [6.07, 6.45) is 8.47. The normalized spacial score (nSPS) is 20.9. The van der Waals surface area contributed by atoms with E-state index in [1.54, 1.807) is 0 Å². The Hall–Kier alpha value is -1.39. The van der Waals surface area contributed by atoms with E-state index >= 15 is 0 Å². The third-order valence-corrected chi connectivity index (χ3v) is 5.10. The lowest BCUT2D eigenvalue weighted by molar-refractivity contribution is -0.0282. The van der Waals surface area contributed by atoms with Crippen molar-refractivity contribution in [3.8, 4) is 0 Å². The van der Waals surface area contributed by atoms with Crippen LogP contribution in [-0.2, 0) is 11.3 Å². The van der Waals surface area contributed by atoms with Gasteiger partial charge in [-0.2, -0.15) is 0 Å². The van der Waals surface area contributed by atoms with Crippen LogP contribution in [0.2, 0.25) is 0 Å². The van der Waals surface area contributed by atoms with E-state index in [0.29, 0.717) is 25.2 Å². The highest BCUT2D eigenvalue weighted by molar-refractivity contribution is 5.76. The lowest BCUT2D eigenvalue weighted by Crippen LogP contribution is -2.27. The van der Waals surface area contributed by atoms with Crippen molar-refractivity contribution in [3.63, 3.8) is 0 Å². The molecule has 1 heterocycles. The minimum atomic E-state index is -0.466. The van der Waals surface area contributed by atoms with Crippen molar-refractivity contribution in [2.45, 2.75) is 69.6 Å². The molecule has 2 aromatic rings. The van der Waals surface area contributed by atoms with Gasteiger partial charge in [0.2, 0.25) is 0 Å². The fourth-order valence-electron chi connectivity index (χ4n) is 3.68. The molecule has 1 unspecified atom stereocenters. The predicted molar refractivity (Wildman–Crippen MR) is 90.5 cm³/mol. The predicted octanol–water partition coefficient (Wildman–Crippen LogP) is 3.62. The SMILES string of the molecule is OC(COC1CCCCC1)Cn1c(C2CC2)nc2ccccc21. The van der Waals surface area contributed by atoms with Crippen LogP contribution in [0, 0.1) is 0 Å². The van der Waals surface area contributed by atoms with Crippen LogP contribution in [0.15, 0.2) is 24.3 Å². The van der Waals surface area contributed by atoms with Crippen LogP contribution < -0.4 is 0 Å². The van der Waals surface area contributed by atoms with Crippen LogP contribution in [0.1, 0.15) is 56.7 Å². The molecule has 2 aliphatic rings. The summed E-state index contributed by atoms with van der Waals surface area (Å²) in [5, 5.41) is 10.5. The summed E-state index contributed by atoms with van der Waals surface area (Å²) in [6, 6.07) is 8.23. The molecule has 0 spiro atoms. The number of nitrogens with zero attached hydrogens (tertiary/aromatic N) is 2. The van der Waals surface area contributed by atoms with E-state index in [2.05, 4.69) is 16.7 Å². The monoisotopic (exact) mass is 314 g/mol. The fraction of sp³-hybridized carbons (Fsp3) is 0.632. The van der Waals surface area contributed by atoms with Crippen molar-refractivity contribution in [2.75, 3.05) is 6.61 Å². The summed E-state index contributed by atoms with van der Waals surface area (Å²) in [5.41, 5.74) is 2.17. The molecule has 23 heavy (non-hydrogen) atoms. The number of hydrogen-bond acceptors (Lipinski definition) is 3. The summed E-state index contributed by atoms with van der Waals surface area (Å²) in [7, 11) is 0. The molecular formula is C19H26N2O2. The second-order valence-corrected chi connectivity index (χ2v) is 7.09. The minimum Gasteiger partial charge on any atom is -0.389 e. The van der Waals surface area contributed by atoms with Crippen LogP contribution in [0.3, 0.4) is 0 Å². The highest BCUT2D eigenvalue weighted by Gasteiger charge is 2.30. The Morgan fingerprint density at radius 2 is 1.91 bits per heavy atom. The topological polar surface area (TPSA) is 47.3 Å². The Kier molecular flexibility index (Phi) is 4.36. The van der Waals surface area contributed by atoms with Crippen molar-refractivity contribution < 1.29 is 9.84 Å². The molecule has 1 aromatic carbocycles. The lowest BCUT2D eigenvalue weighted by atomic mass is 9.98. The molecule has 4 heteroatoms. The average Bonchev–Trinajstić information content (AvgIpc) is 3.37. The van der Waals surface area contributed by atoms with Crippen molar-refractivity contribution in [3.05, 3.63) is 30.1 Å². The summed E-state index contributed by atoms with van der Waals surface area (Å²) >= 11 is 0. The molecule has 0 bridgehead atoms. The van der Waals surface area contributed by atoms with Gasteiger partial charge >= 0.3 is 0 Å². The van der Waals surface area contributed by atoms with Gasteiger partial charge in [0.1, 0.15) is 5.82 Å². The van der Waals surface area contributed by atoms with Gasteiger partial charge in [-0.25, -0.2) is 4.98 Å². The maximum atomic E-state index is 10.5. The number of aliphatic hydroxyl groups excluding tert-OH is 1. The number of rotatable bonds is 6. The number of aliphatic hydroxyl groups is 1. The van der Waals surface area contributed by atoms with Gasteiger partial charge in [-0.3, -0.25) is 0 Å². The fourth-order valence-corrected chi connectivity index (χ4v) is 3.68. The first kappa shape index (κ1) is 15.2. The van der Waals surface area contributed by atoms with E-state index in [9.17, 15) is 5.11 Å². The van der Waals surface area contributed by atoms with Crippen LogP contribution >= 0.6 is 0 Å². The number of ether oxygens (including phenoxy) is 1. The average molecular weight is 314 g/mol. The maximum Gasteiger partial charge on any atom is 0.113 e. The number of fused-ring (bicyclic) bond motifs is 1. The smallest absolute Gasteiger partial charge is 0.113 e. The third kappa shape index (κ3) is 3.43. The van der Waals surface area contributed by atoms with E-state index in [-0.39, 0.29) is 0 Å². The summed E-state index contributed by atoms with van der Waals surface area (Å²) in [4.78, 5) is 4.79. The second kappa shape index (κ2) is 6.62. The van der Waals surface area contributed by atoms with Gasteiger partial charge in [0.05, 0.1) is 36.4 Å². The van der Waals surface area contributed by atoms with Crippen molar-refractivity contribution in [1.82, 2.24) is 9.55 Å². The largest absolute Gasteiger partial charge is 0.389 e. The molecule has 1 N–H and O–H groups in total. The van der Waals surface area contributed by atoms with Crippen molar-refractivity contribution >= 4 is 11.0 Å². The maximum absolute atomic E-state index is 10.5. The molecule has 2 aliphatic carbocycles. The van der Waals surface area contributed by atoms with Crippen LogP contribution in [-0.4, -0.2) is 33.5 Å². The standard InChI is InChI=1S/C19H26N2O2/c22-15(13-23-16-6-2-1-3-7-16)12-21-18-9-5-4-8-17(18)20-19(21)14-10-11-14/h4-5,8-9,14-16,22H,1-3,6-7,10-13H2. The Balaban J connectivity index is 1.44. The van der Waals surface area contributed by atoms with Crippen molar-refractivity contribution in [1.29, 1.82) is 0 Å². The summed E-state index contributed by atoms with van der Waals surface area (Å²) in [5.74, 6) is 1.72. The molecule has 1 aromatic heterocycles. The van der Waals surface area contributed by atoms with Gasteiger partial charge in [0.25, 0.3) is 0 Å². The quantitative estimate of drug-likeness (QED) is 0.886. The number of benzene rings is 1. The van der Waals surface area contributed by atoms with Gasteiger partial charge in [0, 0.05) is 5.92 Å². The Labute approximate surface area is 137 Å². The van der Waals surface area contributed by atoms with E-state index < -0.39 is 6.10 Å². The van der Waals surface area contributed by atoms with Crippen LogP contribution in [0.4, 0.5) is 0 Å². The van der Waals surface area contributed by atoms with E-state index in [1.807, 2.05) is 12.1 Å². The molecule has 124 valence electrons. The molecular weight excluding hydrogens is 288 g/mol. The minimum absolute atomic E-state index is 0.348. The Morgan fingerprint density at radius 3 is 2.70 bits per heavy atom. The molecule has 4 nitrogen and oxygen atoms in total. The first-order valence-electron chi connectivity index (χ1n) is 9.06. The summed E-state index contributed by atoms with van der Waals surface area (Å²) in [6.45, 7) is 1.01. The second-order valence-electron chi connectivity index (χ2n) is 7.09. The zero-order valence-corrected chi connectivity index (χ0v) is 13.7. The molecule has 0 aliphatic heterocycles. The van der Waals surface area contributed by atoms with Gasteiger partial charge < -0.3 is 14.4 Å². The number of para-hydroxylation sites is 2. The van der Waals surface area contributed by atoms with Crippen LogP contribution in [0.5, 0.6) is 0 Å². The van der Waals surface area contributed by atoms with E-state index in [4.69, 9.17) is 9.72 Å². The molecule has 0 saturated heterocycles. The highest BCUT2D eigenvalue weighted by Crippen LogP contribution is 2.40. The van der Waals surface area contributed by atoms with Gasteiger partial charge in [-0.15, -0.1) is 0 Å². The van der Waals surface area contributed by atoms with Crippen LogP contribution in [0.25, 0.3) is 11.0 Å². The Morgan fingerprint density at radius 1 is 1.13 bits per heavy atom. The number of hydrogen-bond donors (Lipinski definition) is 1. The zero-order chi connectivity index (χ0) is 15.6. The molecule has 0 amide bonds. The molecule has 1 atom stereocenters. The van der Waals surface area contributed by atoms with E-state index in [1.165, 1.54) is 32.1 Å². The first-order valence-corrected chi connectivity index (χ1v) is 9.06. The summed E-state index contributed by atoms with van der Waals surface area (Å²) < 4.78 is 8.15. The highest BCUT2D eigenvalue weighted by atomic mass is 16.5. The lowest BCUT2D eigenvalue weighted by Gasteiger charge is -2.24. The zero-order valence-electron chi connectivity index (χ0n) is 13.7. The number of aromatic nitrogens is 2. The first-order chi connectivity index (χ1) is 11.3. The third-order valence-electron chi connectivity index (χ3n) is 5.10.